The second-order valence-corrected chi connectivity index (χ2v) is 10.7. The Balaban J connectivity index is 1.58. The van der Waals surface area contributed by atoms with Gasteiger partial charge in [0.15, 0.2) is 0 Å². The van der Waals surface area contributed by atoms with Crippen molar-refractivity contribution in [2.45, 2.75) is 31.9 Å². The first-order valence-corrected chi connectivity index (χ1v) is 13.5. The van der Waals surface area contributed by atoms with Gasteiger partial charge in [-0.3, -0.25) is 9.69 Å². The van der Waals surface area contributed by atoms with Gasteiger partial charge in [-0.1, -0.05) is 54.4 Å². The third-order valence-electron chi connectivity index (χ3n) is 6.92. The van der Waals surface area contributed by atoms with Crippen molar-refractivity contribution in [1.29, 1.82) is 5.26 Å². The summed E-state index contributed by atoms with van der Waals surface area (Å²) in [4.78, 5) is 17.0. The molecular weight excluding hydrogens is 519 g/mol. The zero-order valence-electron chi connectivity index (χ0n) is 21.6. The van der Waals surface area contributed by atoms with Crippen LogP contribution in [0.15, 0.2) is 66.7 Å². The van der Waals surface area contributed by atoms with Crippen LogP contribution < -0.4 is 10.2 Å². The van der Waals surface area contributed by atoms with E-state index in [1.54, 1.807) is 31.2 Å². The van der Waals surface area contributed by atoms with Crippen molar-refractivity contribution in [3.8, 4) is 6.07 Å². The minimum atomic E-state index is -1.17. The Morgan fingerprint density at radius 2 is 1.89 bits per heavy atom. The molecule has 198 valence electrons. The number of hydrogen-bond acceptors (Lipinski definition) is 5. The number of anilines is 1. The first-order valence-electron chi connectivity index (χ1n) is 12.8. The Morgan fingerprint density at radius 1 is 1.13 bits per heavy atom. The zero-order valence-corrected chi connectivity index (χ0v) is 23.1. The first kappa shape index (κ1) is 27.9. The fourth-order valence-corrected chi connectivity index (χ4v) is 5.33. The molecule has 0 radical (unpaired) electrons. The molecule has 3 aromatic carbocycles. The highest BCUT2D eigenvalue weighted by Gasteiger charge is 2.34. The maximum absolute atomic E-state index is 12.5. The summed E-state index contributed by atoms with van der Waals surface area (Å²) in [7, 11) is 0. The molecule has 4 rings (SSSR count). The number of carbonyl (C=O) groups is 1. The van der Waals surface area contributed by atoms with E-state index >= 15 is 0 Å². The maximum Gasteiger partial charge on any atom is 0.251 e. The van der Waals surface area contributed by atoms with Crippen LogP contribution in [-0.2, 0) is 5.60 Å². The number of carbonyl (C=O) groups excluding carboxylic acids is 1. The minimum absolute atomic E-state index is 0.0478. The second-order valence-electron chi connectivity index (χ2n) is 9.88. The molecule has 1 fully saturated rings. The standard InChI is InChI=1S/C30H32Cl2N4O2/c1-3-13-34-29(37)23-5-4-6-24(17-23)30(2,38)20-35-14-15-36(27-12-7-21(18-33)16-26(27)32)28(19-35)22-8-10-25(31)11-9-22/h4-12,16-17,28,38H,3,13-15,19-20H2,1-2H3,(H,34,37)/t28-,30+/m0/s1. The van der Waals surface area contributed by atoms with Gasteiger partial charge >= 0.3 is 0 Å². The Morgan fingerprint density at radius 3 is 2.58 bits per heavy atom. The summed E-state index contributed by atoms with van der Waals surface area (Å²) >= 11 is 12.8. The van der Waals surface area contributed by atoms with Crippen molar-refractivity contribution in [2.75, 3.05) is 37.6 Å². The molecule has 2 N–H and O–H groups in total. The lowest BCUT2D eigenvalue weighted by Crippen LogP contribution is -2.52. The van der Waals surface area contributed by atoms with E-state index in [1.807, 2.05) is 49.4 Å². The van der Waals surface area contributed by atoms with Gasteiger partial charge in [-0.2, -0.15) is 5.26 Å². The monoisotopic (exact) mass is 550 g/mol. The highest BCUT2D eigenvalue weighted by Crippen LogP contribution is 2.37. The number of hydrogen-bond donors (Lipinski definition) is 2. The normalized spacial score (nSPS) is 17.5. The lowest BCUT2D eigenvalue weighted by molar-refractivity contribution is 0.0103. The van der Waals surface area contributed by atoms with Crippen LogP contribution in [-0.4, -0.2) is 48.6 Å². The van der Waals surface area contributed by atoms with Crippen LogP contribution in [0.3, 0.4) is 0 Å². The number of benzene rings is 3. The SMILES string of the molecule is CCCNC(=O)c1cccc([C@](C)(O)CN2CCN(c3ccc(C#N)cc3Cl)[C@H](c3ccc(Cl)cc3)C2)c1. The molecule has 0 aliphatic carbocycles. The number of piperazine rings is 1. The number of nitrogens with zero attached hydrogens (tertiary/aromatic N) is 3. The molecule has 0 unspecified atom stereocenters. The van der Waals surface area contributed by atoms with E-state index in [1.165, 1.54) is 0 Å². The Hall–Kier alpha value is -3.08. The molecule has 0 spiro atoms. The van der Waals surface area contributed by atoms with E-state index in [-0.39, 0.29) is 11.9 Å². The lowest BCUT2D eigenvalue weighted by atomic mass is 9.92. The minimum Gasteiger partial charge on any atom is -0.384 e. The smallest absolute Gasteiger partial charge is 0.251 e. The van der Waals surface area contributed by atoms with Gasteiger partial charge in [-0.25, -0.2) is 0 Å². The van der Waals surface area contributed by atoms with Gasteiger partial charge < -0.3 is 15.3 Å². The van der Waals surface area contributed by atoms with E-state index in [2.05, 4.69) is 21.2 Å². The lowest BCUT2D eigenvalue weighted by Gasteiger charge is -2.45. The van der Waals surface area contributed by atoms with E-state index < -0.39 is 5.60 Å². The molecule has 0 saturated carbocycles. The largest absolute Gasteiger partial charge is 0.384 e. The van der Waals surface area contributed by atoms with Gasteiger partial charge in [0.25, 0.3) is 5.91 Å². The van der Waals surface area contributed by atoms with Crippen molar-refractivity contribution in [3.05, 3.63) is 99.0 Å². The average Bonchev–Trinajstić information content (AvgIpc) is 2.92. The molecular formula is C30H32Cl2N4O2. The van der Waals surface area contributed by atoms with E-state index in [0.29, 0.717) is 59.5 Å². The molecule has 1 amide bonds. The fourth-order valence-electron chi connectivity index (χ4n) is 4.91. The Labute approximate surface area is 234 Å². The number of nitriles is 1. The molecule has 1 aliphatic rings. The predicted octanol–water partition coefficient (Wildman–Crippen LogP) is 5.78. The number of nitrogens with one attached hydrogen (secondary N) is 1. The van der Waals surface area contributed by atoms with Gasteiger partial charge in [0.1, 0.15) is 0 Å². The average molecular weight is 552 g/mol. The van der Waals surface area contributed by atoms with E-state index in [0.717, 1.165) is 17.7 Å². The molecule has 3 aromatic rings. The molecule has 1 aliphatic heterocycles. The van der Waals surface area contributed by atoms with Crippen LogP contribution in [0.4, 0.5) is 5.69 Å². The highest BCUT2D eigenvalue weighted by atomic mass is 35.5. The topological polar surface area (TPSA) is 79.6 Å². The van der Waals surface area contributed by atoms with Crippen molar-refractivity contribution in [1.82, 2.24) is 10.2 Å². The predicted molar refractivity (Wildman–Crippen MR) is 153 cm³/mol. The Bertz CT molecular complexity index is 1320. The quantitative estimate of drug-likeness (QED) is 0.371. The van der Waals surface area contributed by atoms with Crippen molar-refractivity contribution >= 4 is 34.8 Å². The summed E-state index contributed by atoms with van der Waals surface area (Å²) in [5.41, 5.74) is 2.52. The van der Waals surface area contributed by atoms with Crippen molar-refractivity contribution in [3.63, 3.8) is 0 Å². The summed E-state index contributed by atoms with van der Waals surface area (Å²) in [6, 6.07) is 22.4. The third-order valence-corrected chi connectivity index (χ3v) is 7.47. The molecule has 2 atom stereocenters. The second kappa shape index (κ2) is 12.2. The van der Waals surface area contributed by atoms with Gasteiger partial charge in [-0.15, -0.1) is 0 Å². The molecule has 1 saturated heterocycles. The van der Waals surface area contributed by atoms with Gasteiger partial charge in [0, 0.05) is 43.3 Å². The number of β-amino-alcohol motifs (C(OH)–C–C–N with tert-alkyl or cyclic N) is 1. The molecule has 0 bridgehead atoms. The van der Waals surface area contributed by atoms with E-state index in [4.69, 9.17) is 23.2 Å². The van der Waals surface area contributed by atoms with Gasteiger partial charge in [0.2, 0.25) is 0 Å². The van der Waals surface area contributed by atoms with E-state index in [9.17, 15) is 15.2 Å². The zero-order chi connectivity index (χ0) is 27.3. The van der Waals surface area contributed by atoms with Crippen LogP contribution in [0.25, 0.3) is 0 Å². The van der Waals surface area contributed by atoms with Crippen molar-refractivity contribution < 1.29 is 9.90 Å². The van der Waals surface area contributed by atoms with Crippen LogP contribution in [0.1, 0.15) is 53.4 Å². The number of aliphatic hydroxyl groups is 1. The third kappa shape index (κ3) is 6.48. The summed E-state index contributed by atoms with van der Waals surface area (Å²) in [6.45, 7) is 6.82. The summed E-state index contributed by atoms with van der Waals surface area (Å²) < 4.78 is 0. The van der Waals surface area contributed by atoms with Crippen molar-refractivity contribution in [2.24, 2.45) is 0 Å². The fraction of sp³-hybridized carbons (Fsp3) is 0.333. The Kier molecular flexibility index (Phi) is 8.96. The number of rotatable bonds is 8. The van der Waals surface area contributed by atoms with Crippen LogP contribution in [0.2, 0.25) is 10.0 Å². The summed E-state index contributed by atoms with van der Waals surface area (Å²) in [5, 5.41) is 24.9. The summed E-state index contributed by atoms with van der Waals surface area (Å²) in [5.74, 6) is -0.139. The number of halogens is 2. The molecule has 38 heavy (non-hydrogen) atoms. The summed E-state index contributed by atoms with van der Waals surface area (Å²) in [6.07, 6.45) is 0.859. The first-order chi connectivity index (χ1) is 18.2. The number of amides is 1. The maximum atomic E-state index is 12.5. The van der Waals surface area contributed by atoms with Crippen LogP contribution >= 0.6 is 23.2 Å². The molecule has 8 heteroatoms. The molecule has 1 heterocycles. The van der Waals surface area contributed by atoms with Gasteiger partial charge in [0.05, 0.1) is 34.0 Å². The molecule has 6 nitrogen and oxygen atoms in total. The van der Waals surface area contributed by atoms with Gasteiger partial charge in [-0.05, 0) is 66.9 Å². The molecule has 0 aromatic heterocycles. The highest BCUT2D eigenvalue weighted by molar-refractivity contribution is 6.33. The van der Waals surface area contributed by atoms with Crippen LogP contribution in [0.5, 0.6) is 0 Å². The van der Waals surface area contributed by atoms with Crippen LogP contribution in [0, 0.1) is 11.3 Å².